The lowest BCUT2D eigenvalue weighted by Gasteiger charge is -2.22. The average molecular weight is 306 g/mol. The molecule has 0 atom stereocenters. The second-order valence-corrected chi connectivity index (χ2v) is 5.16. The van der Waals surface area contributed by atoms with Crippen molar-refractivity contribution in [3.05, 3.63) is 29.8 Å². The normalized spacial score (nSPS) is 11.0. The number of carbonyl (C=O) groups is 1. The van der Waals surface area contributed by atoms with Crippen molar-refractivity contribution in [3.8, 4) is 5.75 Å². The van der Waals surface area contributed by atoms with E-state index in [2.05, 4.69) is 10.3 Å². The summed E-state index contributed by atoms with van der Waals surface area (Å²) >= 11 is 0. The van der Waals surface area contributed by atoms with E-state index in [4.69, 9.17) is 4.74 Å². The molecule has 1 rings (SSSR count). The van der Waals surface area contributed by atoms with Crippen LogP contribution in [0.1, 0.15) is 12.5 Å². The Hall–Kier alpha value is -2.24. The summed E-state index contributed by atoms with van der Waals surface area (Å²) in [7, 11) is 7.06. The Kier molecular flexibility index (Phi) is 7.22. The zero-order valence-corrected chi connectivity index (χ0v) is 14.1. The minimum absolute atomic E-state index is 0.0201. The van der Waals surface area contributed by atoms with Crippen LogP contribution >= 0.6 is 0 Å². The van der Waals surface area contributed by atoms with E-state index < -0.39 is 0 Å². The summed E-state index contributed by atoms with van der Waals surface area (Å²) in [5, 5.41) is 3.20. The highest BCUT2D eigenvalue weighted by Gasteiger charge is 2.09. The van der Waals surface area contributed by atoms with Crippen molar-refractivity contribution in [1.82, 2.24) is 15.1 Å². The van der Waals surface area contributed by atoms with Gasteiger partial charge in [0.05, 0.1) is 7.11 Å². The maximum Gasteiger partial charge on any atom is 0.243 e. The Balaban J connectivity index is 2.72. The highest BCUT2D eigenvalue weighted by Crippen LogP contribution is 2.12. The van der Waals surface area contributed by atoms with Crippen LogP contribution in [0.25, 0.3) is 0 Å². The van der Waals surface area contributed by atoms with Gasteiger partial charge in [0.25, 0.3) is 0 Å². The first-order valence-electron chi connectivity index (χ1n) is 7.30. The zero-order chi connectivity index (χ0) is 16.5. The maximum atomic E-state index is 11.7. The summed E-state index contributed by atoms with van der Waals surface area (Å²) in [5.74, 6) is 1.53. The molecule has 0 radical (unpaired) electrons. The van der Waals surface area contributed by atoms with Crippen molar-refractivity contribution >= 4 is 11.9 Å². The molecular weight excluding hydrogens is 280 g/mol. The quantitative estimate of drug-likeness (QED) is 0.633. The van der Waals surface area contributed by atoms with Crippen molar-refractivity contribution < 1.29 is 9.53 Å². The van der Waals surface area contributed by atoms with Gasteiger partial charge in [-0.3, -0.25) is 4.79 Å². The molecule has 0 spiro atoms. The van der Waals surface area contributed by atoms with E-state index in [1.807, 2.05) is 43.1 Å². The van der Waals surface area contributed by atoms with Crippen LogP contribution in [0.4, 0.5) is 0 Å². The molecule has 0 aliphatic rings. The number of ether oxygens (including phenoxy) is 1. The third-order valence-corrected chi connectivity index (χ3v) is 3.14. The van der Waals surface area contributed by atoms with E-state index >= 15 is 0 Å². The number of rotatable bonds is 6. The van der Waals surface area contributed by atoms with Crippen molar-refractivity contribution in [1.29, 1.82) is 0 Å². The van der Waals surface area contributed by atoms with Gasteiger partial charge < -0.3 is 19.9 Å². The summed E-state index contributed by atoms with van der Waals surface area (Å²) in [5.41, 5.74) is 1.15. The van der Waals surface area contributed by atoms with Crippen molar-refractivity contribution in [2.45, 2.75) is 13.5 Å². The second-order valence-electron chi connectivity index (χ2n) is 5.16. The molecule has 6 nitrogen and oxygen atoms in total. The number of amides is 1. The summed E-state index contributed by atoms with van der Waals surface area (Å²) in [6.45, 7) is 3.60. The standard InChI is InChI=1S/C16H26N4O2/c1-6-17-16(18-11-15(21)19(2)3)20(4)12-13-7-9-14(22-5)10-8-13/h7-10H,6,11-12H2,1-5H3,(H,17,18). The van der Waals surface area contributed by atoms with Gasteiger partial charge in [-0.15, -0.1) is 0 Å². The predicted octanol–water partition coefficient (Wildman–Crippen LogP) is 1.18. The topological polar surface area (TPSA) is 57.2 Å². The maximum absolute atomic E-state index is 11.7. The second kappa shape index (κ2) is 8.92. The van der Waals surface area contributed by atoms with Gasteiger partial charge in [0.15, 0.2) is 5.96 Å². The van der Waals surface area contributed by atoms with Crippen molar-refractivity contribution in [3.63, 3.8) is 0 Å². The van der Waals surface area contributed by atoms with E-state index in [-0.39, 0.29) is 12.5 Å². The molecule has 0 bridgehead atoms. The van der Waals surface area contributed by atoms with Crippen molar-refractivity contribution in [2.75, 3.05) is 41.3 Å². The molecule has 1 aromatic rings. The Morgan fingerprint density at radius 3 is 2.36 bits per heavy atom. The smallest absolute Gasteiger partial charge is 0.243 e. The molecule has 0 unspecified atom stereocenters. The minimum Gasteiger partial charge on any atom is -0.497 e. The SMILES string of the molecule is CCNC(=NCC(=O)N(C)C)N(C)Cc1ccc(OC)cc1. The van der Waals surface area contributed by atoms with Crippen LogP contribution in [0.5, 0.6) is 5.75 Å². The molecule has 0 fully saturated rings. The van der Waals surface area contributed by atoms with Crippen LogP contribution in [-0.4, -0.2) is 63.0 Å². The van der Waals surface area contributed by atoms with Crippen LogP contribution in [0.15, 0.2) is 29.3 Å². The first-order valence-corrected chi connectivity index (χ1v) is 7.30. The van der Waals surface area contributed by atoms with E-state index in [1.54, 1.807) is 21.2 Å². The van der Waals surface area contributed by atoms with Crippen LogP contribution in [0.3, 0.4) is 0 Å². The van der Waals surface area contributed by atoms with Crippen molar-refractivity contribution in [2.24, 2.45) is 4.99 Å². The third kappa shape index (κ3) is 5.63. The third-order valence-electron chi connectivity index (χ3n) is 3.14. The van der Waals surface area contributed by atoms with E-state index in [0.717, 1.165) is 17.9 Å². The molecule has 0 aliphatic heterocycles. The van der Waals surface area contributed by atoms with Gasteiger partial charge in [-0.25, -0.2) is 4.99 Å². The molecule has 22 heavy (non-hydrogen) atoms. The Morgan fingerprint density at radius 1 is 1.23 bits per heavy atom. The fourth-order valence-electron chi connectivity index (χ4n) is 1.83. The summed E-state index contributed by atoms with van der Waals surface area (Å²) < 4.78 is 5.16. The van der Waals surface area contributed by atoms with Crippen LogP contribution in [0.2, 0.25) is 0 Å². The molecule has 0 saturated heterocycles. The monoisotopic (exact) mass is 306 g/mol. The van der Waals surface area contributed by atoms with E-state index in [0.29, 0.717) is 12.5 Å². The molecular formula is C16H26N4O2. The minimum atomic E-state index is -0.0201. The van der Waals surface area contributed by atoms with Crippen LogP contribution in [-0.2, 0) is 11.3 Å². The van der Waals surface area contributed by atoms with Gasteiger partial charge in [-0.2, -0.15) is 0 Å². The van der Waals surface area contributed by atoms with Gasteiger partial charge >= 0.3 is 0 Å². The van der Waals surface area contributed by atoms with Gasteiger partial charge in [0, 0.05) is 34.2 Å². The number of nitrogens with one attached hydrogen (secondary N) is 1. The number of hydrogen-bond acceptors (Lipinski definition) is 3. The lowest BCUT2D eigenvalue weighted by molar-refractivity contribution is -0.127. The van der Waals surface area contributed by atoms with Gasteiger partial charge in [-0.1, -0.05) is 12.1 Å². The Bertz CT molecular complexity index is 497. The van der Waals surface area contributed by atoms with Crippen LogP contribution in [0, 0.1) is 0 Å². The number of benzene rings is 1. The first kappa shape index (κ1) is 17.8. The number of likely N-dealkylation sites (N-methyl/N-ethyl adjacent to an activating group) is 1. The molecule has 1 N–H and O–H groups in total. The first-order chi connectivity index (χ1) is 10.5. The van der Waals surface area contributed by atoms with E-state index in [9.17, 15) is 4.79 Å². The summed E-state index contributed by atoms with van der Waals surface area (Å²) in [4.78, 5) is 19.6. The van der Waals surface area contributed by atoms with Crippen LogP contribution < -0.4 is 10.1 Å². The lowest BCUT2D eigenvalue weighted by Crippen LogP contribution is -2.39. The Labute approximate surface area is 132 Å². The molecule has 0 heterocycles. The molecule has 122 valence electrons. The zero-order valence-electron chi connectivity index (χ0n) is 14.1. The lowest BCUT2D eigenvalue weighted by atomic mass is 10.2. The molecule has 1 amide bonds. The number of nitrogens with zero attached hydrogens (tertiary/aromatic N) is 3. The van der Waals surface area contributed by atoms with E-state index in [1.165, 1.54) is 4.90 Å². The highest BCUT2D eigenvalue weighted by atomic mass is 16.5. The largest absolute Gasteiger partial charge is 0.497 e. The Morgan fingerprint density at radius 2 is 1.86 bits per heavy atom. The highest BCUT2D eigenvalue weighted by molar-refractivity contribution is 5.84. The predicted molar refractivity (Wildman–Crippen MR) is 89.1 cm³/mol. The van der Waals surface area contributed by atoms with Gasteiger partial charge in [-0.05, 0) is 24.6 Å². The average Bonchev–Trinajstić information content (AvgIpc) is 2.51. The molecule has 1 aromatic carbocycles. The van der Waals surface area contributed by atoms with Gasteiger partial charge in [0.2, 0.25) is 5.91 Å². The summed E-state index contributed by atoms with van der Waals surface area (Å²) in [6.07, 6.45) is 0. The van der Waals surface area contributed by atoms with Gasteiger partial charge in [0.1, 0.15) is 12.3 Å². The summed E-state index contributed by atoms with van der Waals surface area (Å²) in [6, 6.07) is 7.90. The number of hydrogen-bond donors (Lipinski definition) is 1. The number of methoxy groups -OCH3 is 1. The molecule has 0 saturated carbocycles. The fourth-order valence-corrected chi connectivity index (χ4v) is 1.83. The number of aliphatic imine (C=N–C) groups is 1. The fraction of sp³-hybridized carbons (Fsp3) is 0.500. The molecule has 0 aliphatic carbocycles. The number of carbonyl (C=O) groups excluding carboxylic acids is 1. The molecule has 0 aromatic heterocycles. The molecule has 6 heteroatoms. The number of guanidine groups is 1.